The SMILES string of the molecule is CCOC(CN)COCCOC. The maximum atomic E-state index is 5.44. The molecular formula is C8H19NO3. The van der Waals surface area contributed by atoms with Crippen molar-refractivity contribution in [1.29, 1.82) is 0 Å². The monoisotopic (exact) mass is 177 g/mol. The molecule has 1 atom stereocenters. The predicted octanol–water partition coefficient (Wildman–Crippen LogP) is 0.0132. The van der Waals surface area contributed by atoms with Crippen LogP contribution in [0.25, 0.3) is 0 Å². The van der Waals surface area contributed by atoms with Gasteiger partial charge in [-0.15, -0.1) is 0 Å². The first-order valence-electron chi connectivity index (χ1n) is 4.23. The number of methoxy groups -OCH3 is 1. The summed E-state index contributed by atoms with van der Waals surface area (Å²) in [5, 5.41) is 0. The number of hydrogen-bond donors (Lipinski definition) is 1. The highest BCUT2D eigenvalue weighted by atomic mass is 16.5. The van der Waals surface area contributed by atoms with Crippen molar-refractivity contribution >= 4 is 0 Å². The molecule has 4 heteroatoms. The zero-order valence-electron chi connectivity index (χ0n) is 7.91. The van der Waals surface area contributed by atoms with Gasteiger partial charge < -0.3 is 19.9 Å². The van der Waals surface area contributed by atoms with Gasteiger partial charge in [0, 0.05) is 20.3 Å². The number of nitrogens with two attached hydrogens (primary N) is 1. The lowest BCUT2D eigenvalue weighted by atomic mass is 10.4. The Morgan fingerprint density at radius 1 is 1.33 bits per heavy atom. The fourth-order valence-electron chi connectivity index (χ4n) is 0.777. The first kappa shape index (κ1) is 11.8. The fourth-order valence-corrected chi connectivity index (χ4v) is 0.777. The van der Waals surface area contributed by atoms with Gasteiger partial charge in [0.2, 0.25) is 0 Å². The van der Waals surface area contributed by atoms with Crippen molar-refractivity contribution in [3.8, 4) is 0 Å². The van der Waals surface area contributed by atoms with E-state index < -0.39 is 0 Å². The average molecular weight is 177 g/mol. The van der Waals surface area contributed by atoms with Crippen LogP contribution in [-0.4, -0.2) is 46.2 Å². The van der Waals surface area contributed by atoms with Crippen LogP contribution in [0.4, 0.5) is 0 Å². The summed E-state index contributed by atoms with van der Waals surface area (Å²) in [6.45, 7) is 4.88. The van der Waals surface area contributed by atoms with Crippen LogP contribution in [0.3, 0.4) is 0 Å². The number of rotatable bonds is 8. The van der Waals surface area contributed by atoms with E-state index in [2.05, 4.69) is 0 Å². The lowest BCUT2D eigenvalue weighted by molar-refractivity contribution is -0.0186. The molecule has 1 unspecified atom stereocenters. The summed E-state index contributed by atoms with van der Waals surface area (Å²) in [5.41, 5.74) is 5.44. The zero-order chi connectivity index (χ0) is 9.23. The summed E-state index contributed by atoms with van der Waals surface area (Å²) < 4.78 is 15.4. The van der Waals surface area contributed by atoms with Gasteiger partial charge >= 0.3 is 0 Å². The van der Waals surface area contributed by atoms with Gasteiger partial charge in [0.05, 0.1) is 25.9 Å². The van der Waals surface area contributed by atoms with Gasteiger partial charge in [-0.3, -0.25) is 0 Å². The molecule has 0 heterocycles. The maximum absolute atomic E-state index is 5.44. The molecule has 0 aromatic rings. The van der Waals surface area contributed by atoms with E-state index in [1.165, 1.54) is 0 Å². The van der Waals surface area contributed by atoms with Crippen LogP contribution in [0.15, 0.2) is 0 Å². The zero-order valence-corrected chi connectivity index (χ0v) is 7.91. The van der Waals surface area contributed by atoms with Crippen LogP contribution in [0, 0.1) is 0 Å². The Hall–Kier alpha value is -0.160. The molecule has 0 aliphatic carbocycles. The molecule has 0 saturated carbocycles. The lowest BCUT2D eigenvalue weighted by Crippen LogP contribution is -2.29. The van der Waals surface area contributed by atoms with E-state index in [9.17, 15) is 0 Å². The molecule has 0 fully saturated rings. The van der Waals surface area contributed by atoms with Crippen LogP contribution in [-0.2, 0) is 14.2 Å². The second kappa shape index (κ2) is 8.93. The largest absolute Gasteiger partial charge is 0.382 e. The van der Waals surface area contributed by atoms with Crippen molar-refractivity contribution in [2.24, 2.45) is 5.73 Å². The molecule has 0 bridgehead atoms. The molecule has 0 rings (SSSR count). The summed E-state index contributed by atoms with van der Waals surface area (Å²) in [7, 11) is 1.65. The second-order valence-electron chi connectivity index (χ2n) is 2.38. The van der Waals surface area contributed by atoms with E-state index in [-0.39, 0.29) is 6.10 Å². The van der Waals surface area contributed by atoms with E-state index in [0.717, 1.165) is 0 Å². The Morgan fingerprint density at radius 3 is 2.58 bits per heavy atom. The highest BCUT2D eigenvalue weighted by molar-refractivity contribution is 4.55. The molecule has 74 valence electrons. The summed E-state index contributed by atoms with van der Waals surface area (Å²) in [5.74, 6) is 0. The average Bonchev–Trinajstić information content (AvgIpc) is 2.10. The third-order valence-electron chi connectivity index (χ3n) is 1.40. The van der Waals surface area contributed by atoms with Crippen LogP contribution in [0.1, 0.15) is 6.92 Å². The molecule has 12 heavy (non-hydrogen) atoms. The molecule has 0 saturated heterocycles. The molecule has 0 aliphatic rings. The van der Waals surface area contributed by atoms with Gasteiger partial charge in [-0.1, -0.05) is 0 Å². The van der Waals surface area contributed by atoms with Gasteiger partial charge in [-0.25, -0.2) is 0 Å². The van der Waals surface area contributed by atoms with Crippen molar-refractivity contribution in [3.63, 3.8) is 0 Å². The van der Waals surface area contributed by atoms with Crippen LogP contribution in [0.2, 0.25) is 0 Å². The molecule has 0 amide bonds. The normalized spacial score (nSPS) is 13.2. The van der Waals surface area contributed by atoms with Gasteiger partial charge in [-0.05, 0) is 6.92 Å². The standard InChI is InChI=1S/C8H19NO3/c1-3-12-8(6-9)7-11-5-4-10-2/h8H,3-7,9H2,1-2H3. The Labute approximate surface area is 74.0 Å². The molecule has 0 aromatic carbocycles. The van der Waals surface area contributed by atoms with Gasteiger partial charge in [-0.2, -0.15) is 0 Å². The summed E-state index contributed by atoms with van der Waals surface area (Å²) >= 11 is 0. The third kappa shape index (κ3) is 6.54. The molecule has 0 aromatic heterocycles. The van der Waals surface area contributed by atoms with Crippen LogP contribution in [0.5, 0.6) is 0 Å². The molecule has 2 N–H and O–H groups in total. The first-order valence-corrected chi connectivity index (χ1v) is 4.23. The minimum atomic E-state index is 0.0202. The van der Waals surface area contributed by atoms with Crippen LogP contribution >= 0.6 is 0 Å². The first-order chi connectivity index (χ1) is 5.85. The van der Waals surface area contributed by atoms with Crippen molar-refractivity contribution in [2.45, 2.75) is 13.0 Å². The lowest BCUT2D eigenvalue weighted by Gasteiger charge is -2.14. The van der Waals surface area contributed by atoms with Gasteiger partial charge in [0.25, 0.3) is 0 Å². The van der Waals surface area contributed by atoms with Crippen molar-refractivity contribution < 1.29 is 14.2 Å². The number of hydrogen-bond acceptors (Lipinski definition) is 4. The highest BCUT2D eigenvalue weighted by Crippen LogP contribution is 1.90. The van der Waals surface area contributed by atoms with E-state index in [1.54, 1.807) is 7.11 Å². The van der Waals surface area contributed by atoms with E-state index in [4.69, 9.17) is 19.9 Å². The maximum Gasteiger partial charge on any atom is 0.0930 e. The smallest absolute Gasteiger partial charge is 0.0930 e. The molecule has 0 radical (unpaired) electrons. The fraction of sp³-hybridized carbons (Fsp3) is 1.00. The Morgan fingerprint density at radius 2 is 2.08 bits per heavy atom. The summed E-state index contributed by atoms with van der Waals surface area (Å²) in [4.78, 5) is 0. The van der Waals surface area contributed by atoms with Crippen molar-refractivity contribution in [1.82, 2.24) is 0 Å². The molecule has 0 aliphatic heterocycles. The van der Waals surface area contributed by atoms with E-state index >= 15 is 0 Å². The van der Waals surface area contributed by atoms with E-state index in [0.29, 0.717) is 33.0 Å². The Bertz CT molecular complexity index is 90.4. The van der Waals surface area contributed by atoms with Gasteiger partial charge in [0.1, 0.15) is 0 Å². The highest BCUT2D eigenvalue weighted by Gasteiger charge is 2.04. The Kier molecular flexibility index (Phi) is 8.81. The van der Waals surface area contributed by atoms with Gasteiger partial charge in [0.15, 0.2) is 0 Å². The Balaban J connectivity index is 3.19. The second-order valence-corrected chi connectivity index (χ2v) is 2.38. The van der Waals surface area contributed by atoms with Crippen LogP contribution < -0.4 is 5.73 Å². The van der Waals surface area contributed by atoms with Crippen molar-refractivity contribution in [3.05, 3.63) is 0 Å². The summed E-state index contributed by atoms with van der Waals surface area (Å²) in [6.07, 6.45) is 0.0202. The molecule has 0 spiro atoms. The molecule has 4 nitrogen and oxygen atoms in total. The quantitative estimate of drug-likeness (QED) is 0.531. The van der Waals surface area contributed by atoms with Crippen molar-refractivity contribution in [2.75, 3.05) is 40.1 Å². The third-order valence-corrected chi connectivity index (χ3v) is 1.40. The minimum Gasteiger partial charge on any atom is -0.382 e. The van der Waals surface area contributed by atoms with E-state index in [1.807, 2.05) is 6.92 Å². The topological polar surface area (TPSA) is 53.7 Å². The predicted molar refractivity (Wildman–Crippen MR) is 47.2 cm³/mol. The minimum absolute atomic E-state index is 0.0202. The number of ether oxygens (including phenoxy) is 3. The molecular weight excluding hydrogens is 158 g/mol. The summed E-state index contributed by atoms with van der Waals surface area (Å²) in [6, 6.07) is 0.